The second-order valence-corrected chi connectivity index (χ2v) is 4.33. The molecule has 14 heavy (non-hydrogen) atoms. The maximum Gasteiger partial charge on any atom is 0.0998 e. The van der Waals surface area contributed by atoms with Gasteiger partial charge in [0.25, 0.3) is 0 Å². The molecule has 0 unspecified atom stereocenters. The van der Waals surface area contributed by atoms with Gasteiger partial charge in [0.15, 0.2) is 0 Å². The first kappa shape index (κ1) is 9.34. The molecular formula is C11H12N2S. The van der Waals surface area contributed by atoms with Crippen molar-refractivity contribution >= 4 is 11.3 Å². The van der Waals surface area contributed by atoms with Crippen molar-refractivity contribution in [1.82, 2.24) is 9.97 Å². The largest absolute Gasteiger partial charge is 0.255 e. The standard InChI is InChI=1S/C11H12N2S/c1-8(2)11-13-10(7-14-11)9-5-3-4-6-12-9/h3-8H,1-2H3. The summed E-state index contributed by atoms with van der Waals surface area (Å²) in [5.41, 5.74) is 1.94. The first-order chi connectivity index (χ1) is 6.77. The van der Waals surface area contributed by atoms with Gasteiger partial charge in [-0.3, -0.25) is 4.98 Å². The van der Waals surface area contributed by atoms with Crippen LogP contribution in [0.15, 0.2) is 29.8 Å². The minimum Gasteiger partial charge on any atom is -0.255 e. The summed E-state index contributed by atoms with van der Waals surface area (Å²) in [6.07, 6.45) is 1.80. The van der Waals surface area contributed by atoms with Crippen molar-refractivity contribution in [1.29, 1.82) is 0 Å². The minimum atomic E-state index is 0.498. The fourth-order valence-electron chi connectivity index (χ4n) is 1.18. The van der Waals surface area contributed by atoms with Gasteiger partial charge in [-0.2, -0.15) is 0 Å². The van der Waals surface area contributed by atoms with Crippen LogP contribution in [0.3, 0.4) is 0 Å². The van der Waals surface area contributed by atoms with Crippen LogP contribution in [-0.4, -0.2) is 9.97 Å². The molecule has 0 aliphatic heterocycles. The number of rotatable bonds is 2. The average molecular weight is 204 g/mol. The van der Waals surface area contributed by atoms with Crippen molar-refractivity contribution in [2.45, 2.75) is 19.8 Å². The number of thiazole rings is 1. The van der Waals surface area contributed by atoms with Gasteiger partial charge < -0.3 is 0 Å². The maximum atomic E-state index is 4.54. The molecule has 0 saturated carbocycles. The Morgan fingerprint density at radius 2 is 2.07 bits per heavy atom. The van der Waals surface area contributed by atoms with Crippen molar-refractivity contribution in [2.75, 3.05) is 0 Å². The number of pyridine rings is 1. The Morgan fingerprint density at radius 3 is 2.64 bits per heavy atom. The highest BCUT2D eigenvalue weighted by Crippen LogP contribution is 2.24. The molecule has 2 rings (SSSR count). The molecule has 0 aromatic carbocycles. The molecule has 2 aromatic heterocycles. The lowest BCUT2D eigenvalue weighted by molar-refractivity contribution is 0.853. The van der Waals surface area contributed by atoms with E-state index in [9.17, 15) is 0 Å². The topological polar surface area (TPSA) is 25.8 Å². The Kier molecular flexibility index (Phi) is 2.59. The molecule has 3 heteroatoms. The highest BCUT2D eigenvalue weighted by molar-refractivity contribution is 7.10. The van der Waals surface area contributed by atoms with Gasteiger partial charge in [0.1, 0.15) is 0 Å². The molecule has 0 bridgehead atoms. The van der Waals surface area contributed by atoms with E-state index in [1.807, 2.05) is 18.2 Å². The first-order valence-corrected chi connectivity index (χ1v) is 5.52. The zero-order valence-corrected chi connectivity index (χ0v) is 9.08. The monoisotopic (exact) mass is 204 g/mol. The molecular weight excluding hydrogens is 192 g/mol. The molecule has 72 valence electrons. The number of aromatic nitrogens is 2. The Hall–Kier alpha value is -1.22. The van der Waals surface area contributed by atoms with Crippen molar-refractivity contribution < 1.29 is 0 Å². The molecule has 0 spiro atoms. The summed E-state index contributed by atoms with van der Waals surface area (Å²) in [5.74, 6) is 0.498. The lowest BCUT2D eigenvalue weighted by atomic mass is 10.2. The summed E-state index contributed by atoms with van der Waals surface area (Å²) >= 11 is 1.70. The first-order valence-electron chi connectivity index (χ1n) is 4.64. The predicted octanol–water partition coefficient (Wildman–Crippen LogP) is 3.33. The average Bonchev–Trinajstić information content (AvgIpc) is 2.68. The van der Waals surface area contributed by atoms with Crippen molar-refractivity contribution in [2.24, 2.45) is 0 Å². The summed E-state index contributed by atoms with van der Waals surface area (Å²) in [5, 5.41) is 3.24. The van der Waals surface area contributed by atoms with E-state index in [1.54, 1.807) is 17.5 Å². The van der Waals surface area contributed by atoms with E-state index in [4.69, 9.17) is 0 Å². The molecule has 0 amide bonds. The van der Waals surface area contributed by atoms with Crippen LogP contribution in [0.4, 0.5) is 0 Å². The Balaban J connectivity index is 2.34. The van der Waals surface area contributed by atoms with Crippen molar-refractivity contribution in [3.8, 4) is 11.4 Å². The molecule has 2 nitrogen and oxygen atoms in total. The Bertz CT molecular complexity index is 406. The van der Waals surface area contributed by atoms with E-state index < -0.39 is 0 Å². The van der Waals surface area contributed by atoms with Crippen LogP contribution in [0.5, 0.6) is 0 Å². The number of nitrogens with zero attached hydrogens (tertiary/aromatic N) is 2. The molecule has 2 heterocycles. The van der Waals surface area contributed by atoms with Gasteiger partial charge >= 0.3 is 0 Å². The number of hydrogen-bond donors (Lipinski definition) is 0. The van der Waals surface area contributed by atoms with Crippen LogP contribution >= 0.6 is 11.3 Å². The van der Waals surface area contributed by atoms with E-state index in [-0.39, 0.29) is 0 Å². The van der Waals surface area contributed by atoms with Crippen molar-refractivity contribution in [3.63, 3.8) is 0 Å². The van der Waals surface area contributed by atoms with E-state index >= 15 is 0 Å². The molecule has 0 aliphatic rings. The fraction of sp³-hybridized carbons (Fsp3) is 0.273. The highest BCUT2D eigenvalue weighted by Gasteiger charge is 2.07. The lowest BCUT2D eigenvalue weighted by Crippen LogP contribution is -1.86. The van der Waals surface area contributed by atoms with Crippen LogP contribution in [0.2, 0.25) is 0 Å². The van der Waals surface area contributed by atoms with Gasteiger partial charge in [0.2, 0.25) is 0 Å². The third-order valence-corrected chi connectivity index (χ3v) is 3.09. The van der Waals surface area contributed by atoms with E-state index in [2.05, 4.69) is 29.2 Å². The quantitative estimate of drug-likeness (QED) is 0.750. The van der Waals surface area contributed by atoms with Gasteiger partial charge in [0.05, 0.1) is 16.4 Å². The van der Waals surface area contributed by atoms with E-state index in [0.717, 1.165) is 11.4 Å². The van der Waals surface area contributed by atoms with Crippen LogP contribution in [0.1, 0.15) is 24.8 Å². The maximum absolute atomic E-state index is 4.54. The third kappa shape index (κ3) is 1.82. The molecule has 0 fully saturated rings. The second-order valence-electron chi connectivity index (χ2n) is 3.44. The minimum absolute atomic E-state index is 0.498. The summed E-state index contributed by atoms with van der Waals surface area (Å²) in [6.45, 7) is 4.31. The summed E-state index contributed by atoms with van der Waals surface area (Å²) < 4.78 is 0. The fourth-order valence-corrected chi connectivity index (χ4v) is 2.01. The molecule has 0 N–H and O–H groups in total. The van der Waals surface area contributed by atoms with Crippen LogP contribution in [-0.2, 0) is 0 Å². The Morgan fingerprint density at radius 1 is 1.21 bits per heavy atom. The SMILES string of the molecule is CC(C)c1nc(-c2ccccn2)cs1. The van der Waals surface area contributed by atoms with Gasteiger partial charge in [-0.25, -0.2) is 4.98 Å². The molecule has 0 atom stereocenters. The van der Waals surface area contributed by atoms with Gasteiger partial charge in [-0.1, -0.05) is 19.9 Å². The van der Waals surface area contributed by atoms with Crippen LogP contribution in [0.25, 0.3) is 11.4 Å². The lowest BCUT2D eigenvalue weighted by Gasteiger charge is -1.96. The molecule has 2 aromatic rings. The van der Waals surface area contributed by atoms with Gasteiger partial charge in [0, 0.05) is 17.5 Å². The Labute approximate surface area is 87.7 Å². The van der Waals surface area contributed by atoms with E-state index in [0.29, 0.717) is 5.92 Å². The second kappa shape index (κ2) is 3.88. The number of hydrogen-bond acceptors (Lipinski definition) is 3. The molecule has 0 radical (unpaired) electrons. The summed E-state index contributed by atoms with van der Waals surface area (Å²) in [7, 11) is 0. The van der Waals surface area contributed by atoms with Crippen LogP contribution in [0, 0.1) is 0 Å². The van der Waals surface area contributed by atoms with Gasteiger partial charge in [-0.05, 0) is 12.1 Å². The third-order valence-electron chi connectivity index (χ3n) is 1.94. The smallest absolute Gasteiger partial charge is 0.0998 e. The zero-order valence-electron chi connectivity index (χ0n) is 8.27. The van der Waals surface area contributed by atoms with Crippen molar-refractivity contribution in [3.05, 3.63) is 34.8 Å². The molecule has 0 saturated heterocycles. The molecule has 0 aliphatic carbocycles. The normalized spacial score (nSPS) is 10.8. The summed E-state index contributed by atoms with van der Waals surface area (Å²) in [6, 6.07) is 5.88. The zero-order chi connectivity index (χ0) is 9.97. The highest BCUT2D eigenvalue weighted by atomic mass is 32.1. The summed E-state index contributed by atoms with van der Waals surface area (Å²) in [4.78, 5) is 8.80. The van der Waals surface area contributed by atoms with E-state index in [1.165, 1.54) is 5.01 Å². The van der Waals surface area contributed by atoms with Gasteiger partial charge in [-0.15, -0.1) is 11.3 Å². The van der Waals surface area contributed by atoms with Crippen LogP contribution < -0.4 is 0 Å². The predicted molar refractivity (Wildman–Crippen MR) is 59.4 cm³/mol.